The summed E-state index contributed by atoms with van der Waals surface area (Å²) in [6, 6.07) is 10.3. The number of unbranched alkanes of at least 4 members (excludes halogenated alkanes) is 9. The number of nitrogens with zero attached hydrogens (tertiary/aromatic N) is 2. The first-order valence-corrected chi connectivity index (χ1v) is 13.3. The van der Waals surface area contributed by atoms with Crippen LogP contribution in [0.15, 0.2) is 55.4 Å². The number of carboxylic acids is 1. The topological polar surface area (TPSA) is 63.1 Å². The minimum absolute atomic E-state index is 0.182. The lowest BCUT2D eigenvalue weighted by atomic mass is 9.84. The van der Waals surface area contributed by atoms with E-state index in [1.54, 1.807) is 0 Å². The first-order valence-electron chi connectivity index (χ1n) is 13.3. The van der Waals surface area contributed by atoms with Crippen molar-refractivity contribution in [2.24, 2.45) is 0 Å². The predicted octanol–water partition coefficient (Wildman–Crippen LogP) is 8.25. The van der Waals surface area contributed by atoms with E-state index in [4.69, 9.17) is 0 Å². The molecule has 186 valence electrons. The quantitative estimate of drug-likeness (QED) is 0.168. The van der Waals surface area contributed by atoms with E-state index in [0.717, 1.165) is 50.5 Å². The van der Waals surface area contributed by atoms with Crippen LogP contribution in [-0.4, -0.2) is 21.0 Å². The molecule has 2 unspecified atom stereocenters. The summed E-state index contributed by atoms with van der Waals surface area (Å²) < 4.78 is 0. The molecule has 34 heavy (non-hydrogen) atoms. The maximum Gasteiger partial charge on any atom is 0.314 e. The van der Waals surface area contributed by atoms with Crippen LogP contribution in [0.2, 0.25) is 0 Å². The lowest BCUT2D eigenvalue weighted by Gasteiger charge is -2.21. The van der Waals surface area contributed by atoms with Gasteiger partial charge >= 0.3 is 5.97 Å². The molecule has 4 nitrogen and oxygen atoms in total. The molecule has 1 aromatic heterocycles. The molecule has 0 radical (unpaired) electrons. The number of carbonyl (C=O) groups is 1. The number of benzene rings is 1. The Bertz CT molecular complexity index is 804. The Morgan fingerprint density at radius 3 is 2.24 bits per heavy atom. The lowest BCUT2D eigenvalue weighted by molar-refractivity contribution is -0.139. The molecule has 0 amide bonds. The molecule has 1 N–H and O–H groups in total. The van der Waals surface area contributed by atoms with Crippen molar-refractivity contribution in [3.63, 3.8) is 0 Å². The van der Waals surface area contributed by atoms with Gasteiger partial charge in [-0.1, -0.05) is 94.7 Å². The fraction of sp³-hybridized carbons (Fsp3) is 0.567. The number of carboxylic acid groups (broad SMARTS) is 1. The van der Waals surface area contributed by atoms with Gasteiger partial charge < -0.3 is 5.11 Å². The fourth-order valence-corrected chi connectivity index (χ4v) is 4.56. The third-order valence-corrected chi connectivity index (χ3v) is 6.66. The maximum atomic E-state index is 12.2. The summed E-state index contributed by atoms with van der Waals surface area (Å²) in [7, 11) is 0. The highest BCUT2D eigenvalue weighted by molar-refractivity contribution is 5.74. The van der Waals surface area contributed by atoms with E-state index < -0.39 is 11.9 Å². The molecule has 0 bridgehead atoms. The minimum atomic E-state index is -0.840. The van der Waals surface area contributed by atoms with Gasteiger partial charge in [0.25, 0.3) is 0 Å². The predicted molar refractivity (Wildman–Crippen MR) is 141 cm³/mol. The van der Waals surface area contributed by atoms with Crippen molar-refractivity contribution < 1.29 is 9.90 Å². The average molecular weight is 465 g/mol. The summed E-state index contributed by atoms with van der Waals surface area (Å²) in [5, 5.41) is 10.0. The maximum absolute atomic E-state index is 12.2. The van der Waals surface area contributed by atoms with Gasteiger partial charge in [0.05, 0.1) is 0 Å². The second-order valence-corrected chi connectivity index (χ2v) is 9.48. The van der Waals surface area contributed by atoms with Crippen LogP contribution in [0, 0.1) is 0 Å². The van der Waals surface area contributed by atoms with E-state index in [1.807, 2.05) is 36.7 Å². The third-order valence-electron chi connectivity index (χ3n) is 6.66. The summed E-state index contributed by atoms with van der Waals surface area (Å²) in [5.41, 5.74) is 2.30. The molecule has 0 saturated heterocycles. The van der Waals surface area contributed by atoms with Crippen molar-refractivity contribution in [2.75, 3.05) is 0 Å². The Hall–Kier alpha value is -2.49. The molecular formula is C30H44N2O2. The Balaban J connectivity index is 1.95. The van der Waals surface area contributed by atoms with Crippen LogP contribution in [0.5, 0.6) is 0 Å². The van der Waals surface area contributed by atoms with Gasteiger partial charge in [0.1, 0.15) is 11.7 Å². The molecule has 1 aromatic carbocycles. The largest absolute Gasteiger partial charge is 0.481 e. The fourth-order valence-electron chi connectivity index (χ4n) is 4.56. The summed E-state index contributed by atoms with van der Waals surface area (Å²) in [5.74, 6) is -0.913. The van der Waals surface area contributed by atoms with Crippen molar-refractivity contribution in [3.05, 3.63) is 72.3 Å². The molecule has 0 aliphatic carbocycles. The Morgan fingerprint density at radius 1 is 0.941 bits per heavy atom. The van der Waals surface area contributed by atoms with Gasteiger partial charge in [-0.25, -0.2) is 9.97 Å². The summed E-state index contributed by atoms with van der Waals surface area (Å²) in [4.78, 5) is 21.2. The number of aryl methyl sites for hydroxylation is 1. The summed E-state index contributed by atoms with van der Waals surface area (Å²) >= 11 is 0. The number of hydrogen-bond acceptors (Lipinski definition) is 3. The second kappa shape index (κ2) is 17.0. The normalized spacial score (nSPS) is 12.9. The van der Waals surface area contributed by atoms with Gasteiger partial charge in [-0.15, -0.1) is 6.58 Å². The number of allylic oxidation sites excluding steroid dienone is 1. The zero-order chi connectivity index (χ0) is 24.4. The van der Waals surface area contributed by atoms with Crippen LogP contribution in [0.1, 0.15) is 119 Å². The van der Waals surface area contributed by atoms with Gasteiger partial charge in [0.2, 0.25) is 0 Å². The van der Waals surface area contributed by atoms with Gasteiger partial charge in [-0.3, -0.25) is 4.79 Å². The van der Waals surface area contributed by atoms with Crippen molar-refractivity contribution in [1.29, 1.82) is 0 Å². The number of hydrogen-bond donors (Lipinski definition) is 1. The van der Waals surface area contributed by atoms with Crippen LogP contribution in [0.25, 0.3) is 0 Å². The van der Waals surface area contributed by atoms with Crippen molar-refractivity contribution in [1.82, 2.24) is 9.97 Å². The standard InChI is InChI=1S/C30H44N2O2/c1-3-5-7-9-10-12-14-18-25-23-31-29(32-24-25)28(30(33)34)22-27(21-15-11-8-6-4-2)26-19-16-13-17-20-26/h4,13,16-17,19-20,23-24,27-28H,2-3,5-12,14-15,18,21-22H2,1H3,(H,33,34). The average Bonchev–Trinajstić information content (AvgIpc) is 2.86. The van der Waals surface area contributed by atoms with Crippen LogP contribution >= 0.6 is 0 Å². The van der Waals surface area contributed by atoms with Crippen LogP contribution < -0.4 is 0 Å². The molecule has 4 heteroatoms. The molecule has 0 spiro atoms. The molecule has 0 aliphatic rings. The molecule has 0 fully saturated rings. The van der Waals surface area contributed by atoms with E-state index in [0.29, 0.717) is 12.2 Å². The van der Waals surface area contributed by atoms with Crippen LogP contribution in [0.3, 0.4) is 0 Å². The molecule has 1 heterocycles. The Kier molecular flexibility index (Phi) is 13.9. The zero-order valence-corrected chi connectivity index (χ0v) is 21.1. The van der Waals surface area contributed by atoms with E-state index in [2.05, 4.69) is 35.6 Å². The van der Waals surface area contributed by atoms with Gasteiger partial charge in [-0.05, 0) is 55.6 Å². The number of aromatic nitrogens is 2. The summed E-state index contributed by atoms with van der Waals surface area (Å²) in [6.07, 6.45) is 21.4. The van der Waals surface area contributed by atoms with Crippen molar-refractivity contribution >= 4 is 5.97 Å². The summed E-state index contributed by atoms with van der Waals surface area (Å²) in [6.45, 7) is 6.04. The number of rotatable bonds is 19. The van der Waals surface area contributed by atoms with E-state index >= 15 is 0 Å². The smallest absolute Gasteiger partial charge is 0.314 e. The van der Waals surface area contributed by atoms with E-state index in [9.17, 15) is 9.90 Å². The number of aliphatic carboxylic acids is 1. The molecule has 0 saturated carbocycles. The molecule has 2 atom stereocenters. The molecule has 2 rings (SSSR count). The highest BCUT2D eigenvalue weighted by Gasteiger charge is 2.27. The SMILES string of the molecule is C=CCCCCCC(CC(C(=O)O)c1ncc(CCCCCCCCC)cn1)c1ccccc1. The monoisotopic (exact) mass is 464 g/mol. The molecule has 2 aromatic rings. The Labute approximate surface area is 206 Å². The Morgan fingerprint density at radius 2 is 1.59 bits per heavy atom. The highest BCUT2D eigenvalue weighted by Crippen LogP contribution is 2.33. The van der Waals surface area contributed by atoms with E-state index in [1.165, 1.54) is 44.1 Å². The highest BCUT2D eigenvalue weighted by atomic mass is 16.4. The van der Waals surface area contributed by atoms with Gasteiger partial charge in [0, 0.05) is 12.4 Å². The first-order chi connectivity index (χ1) is 16.7. The second-order valence-electron chi connectivity index (χ2n) is 9.48. The van der Waals surface area contributed by atoms with E-state index in [-0.39, 0.29) is 5.92 Å². The van der Waals surface area contributed by atoms with Crippen molar-refractivity contribution in [2.45, 2.75) is 109 Å². The molecule has 0 aliphatic heterocycles. The molecular weight excluding hydrogens is 420 g/mol. The zero-order valence-electron chi connectivity index (χ0n) is 21.1. The van der Waals surface area contributed by atoms with Crippen molar-refractivity contribution in [3.8, 4) is 0 Å². The van der Waals surface area contributed by atoms with Crippen LogP contribution in [-0.2, 0) is 11.2 Å². The third kappa shape index (κ3) is 10.6. The first kappa shape index (κ1) is 27.8. The minimum Gasteiger partial charge on any atom is -0.481 e. The lowest BCUT2D eigenvalue weighted by Crippen LogP contribution is -2.18. The van der Waals surface area contributed by atoms with Gasteiger partial charge in [-0.2, -0.15) is 0 Å². The van der Waals surface area contributed by atoms with Crippen LogP contribution in [0.4, 0.5) is 0 Å². The van der Waals surface area contributed by atoms with Gasteiger partial charge in [0.15, 0.2) is 0 Å².